The molecule has 0 spiro atoms. The molecule has 1 aromatic heterocycles. The summed E-state index contributed by atoms with van der Waals surface area (Å²) in [5.41, 5.74) is -0.0261. The van der Waals surface area contributed by atoms with Crippen molar-refractivity contribution in [2.75, 3.05) is 0 Å². The van der Waals surface area contributed by atoms with Crippen molar-refractivity contribution in [3.63, 3.8) is 0 Å². The number of halogens is 2. The van der Waals surface area contributed by atoms with E-state index in [1.54, 1.807) is 4.57 Å². The van der Waals surface area contributed by atoms with E-state index in [0.29, 0.717) is 18.7 Å². The Hall–Kier alpha value is -1.98. The third-order valence-electron chi connectivity index (χ3n) is 4.84. The highest BCUT2D eigenvalue weighted by Crippen LogP contribution is 2.50. The predicted molar refractivity (Wildman–Crippen MR) is 76.7 cm³/mol. The lowest BCUT2D eigenvalue weighted by molar-refractivity contribution is 0.459. The average molecular weight is 305 g/mol. The van der Waals surface area contributed by atoms with E-state index in [1.165, 1.54) is 16.8 Å². The number of hydrogen-bond acceptors (Lipinski definition) is 2. The zero-order valence-electron chi connectivity index (χ0n) is 12.2. The largest absolute Gasteiger partial charge is 0.345 e. The molecule has 1 fully saturated rings. The maximum absolute atomic E-state index is 14.1. The van der Waals surface area contributed by atoms with Crippen LogP contribution < -0.4 is 5.69 Å². The Morgan fingerprint density at radius 2 is 2.05 bits per heavy atom. The summed E-state index contributed by atoms with van der Waals surface area (Å²) in [7, 11) is 0. The van der Waals surface area contributed by atoms with Crippen molar-refractivity contribution >= 4 is 0 Å². The molecule has 0 bridgehead atoms. The van der Waals surface area contributed by atoms with Crippen molar-refractivity contribution in [1.82, 2.24) is 14.3 Å². The van der Waals surface area contributed by atoms with Crippen LogP contribution in [0, 0.1) is 11.6 Å². The van der Waals surface area contributed by atoms with Crippen molar-refractivity contribution in [1.29, 1.82) is 0 Å². The molecule has 1 aliphatic heterocycles. The summed E-state index contributed by atoms with van der Waals surface area (Å²) in [4.78, 5) is 12.4. The molecular formula is C16H17F2N3O. The molecule has 22 heavy (non-hydrogen) atoms. The Bertz CT molecular complexity index is 789. The van der Waals surface area contributed by atoms with Gasteiger partial charge in [-0.05, 0) is 37.3 Å². The summed E-state index contributed by atoms with van der Waals surface area (Å²) in [6, 6.07) is 3.69. The van der Waals surface area contributed by atoms with E-state index in [4.69, 9.17) is 0 Å². The maximum Gasteiger partial charge on any atom is 0.345 e. The number of fused-ring (bicyclic) bond motifs is 1. The van der Waals surface area contributed by atoms with Gasteiger partial charge in [0.25, 0.3) is 0 Å². The van der Waals surface area contributed by atoms with Crippen LogP contribution in [0.4, 0.5) is 8.78 Å². The first-order valence-electron chi connectivity index (χ1n) is 7.71. The second-order valence-electron chi connectivity index (χ2n) is 6.37. The molecule has 1 aliphatic carbocycles. The third-order valence-corrected chi connectivity index (χ3v) is 4.84. The number of aryl methyl sites for hydroxylation is 1. The van der Waals surface area contributed by atoms with Crippen LogP contribution in [0.1, 0.15) is 37.1 Å². The molecule has 1 saturated carbocycles. The summed E-state index contributed by atoms with van der Waals surface area (Å²) in [5.74, 6) is -0.284. The zero-order chi connectivity index (χ0) is 15.3. The van der Waals surface area contributed by atoms with Crippen LogP contribution in [0.3, 0.4) is 0 Å². The average Bonchev–Trinajstić information content (AvgIpc) is 3.20. The van der Waals surface area contributed by atoms with Crippen LogP contribution in [0.2, 0.25) is 0 Å². The molecule has 2 heterocycles. The molecule has 0 amide bonds. The van der Waals surface area contributed by atoms with Crippen molar-refractivity contribution in [2.45, 2.75) is 50.6 Å². The molecule has 4 nitrogen and oxygen atoms in total. The third kappa shape index (κ3) is 2.09. The molecule has 2 aliphatic rings. The van der Waals surface area contributed by atoms with Gasteiger partial charge in [0.05, 0.1) is 6.54 Å². The van der Waals surface area contributed by atoms with E-state index in [-0.39, 0.29) is 5.69 Å². The van der Waals surface area contributed by atoms with Gasteiger partial charge in [0.2, 0.25) is 0 Å². The van der Waals surface area contributed by atoms with Crippen LogP contribution in [0.5, 0.6) is 0 Å². The number of hydrogen-bond donors (Lipinski definition) is 0. The lowest BCUT2D eigenvalue weighted by atomic mass is 9.95. The van der Waals surface area contributed by atoms with Crippen molar-refractivity contribution < 1.29 is 8.78 Å². The van der Waals surface area contributed by atoms with E-state index >= 15 is 0 Å². The van der Waals surface area contributed by atoms with Crippen LogP contribution in [-0.4, -0.2) is 14.3 Å². The first-order chi connectivity index (χ1) is 10.6. The fraction of sp³-hybridized carbons (Fsp3) is 0.500. The van der Waals surface area contributed by atoms with Gasteiger partial charge in [-0.1, -0.05) is 6.07 Å². The molecule has 0 radical (unpaired) electrons. The minimum Gasteiger partial charge on any atom is -0.279 e. The minimum atomic E-state index is -0.577. The van der Waals surface area contributed by atoms with Crippen LogP contribution >= 0.6 is 0 Å². The monoisotopic (exact) mass is 305 g/mol. The number of aromatic nitrogens is 3. The number of nitrogens with zero attached hydrogens (tertiary/aromatic N) is 3. The fourth-order valence-electron chi connectivity index (χ4n) is 3.42. The van der Waals surface area contributed by atoms with E-state index in [2.05, 4.69) is 5.10 Å². The van der Waals surface area contributed by atoms with Crippen molar-refractivity contribution in [3.8, 4) is 0 Å². The van der Waals surface area contributed by atoms with Gasteiger partial charge in [0, 0.05) is 24.4 Å². The second kappa shape index (κ2) is 4.76. The van der Waals surface area contributed by atoms with Gasteiger partial charge < -0.3 is 0 Å². The van der Waals surface area contributed by atoms with Gasteiger partial charge in [-0.3, -0.25) is 4.57 Å². The standard InChI is InChI=1S/C16H17F2N3O/c17-11-4-5-12(13(18)9-11)16(6-7-16)10-21-15(22)20-8-2-1-3-14(20)19-21/h4-5,9H,1-3,6-8,10H2. The van der Waals surface area contributed by atoms with Crippen molar-refractivity contribution in [3.05, 3.63) is 51.7 Å². The second-order valence-corrected chi connectivity index (χ2v) is 6.37. The molecule has 116 valence electrons. The van der Waals surface area contributed by atoms with E-state index < -0.39 is 17.0 Å². The highest BCUT2D eigenvalue weighted by atomic mass is 19.1. The molecule has 4 rings (SSSR count). The van der Waals surface area contributed by atoms with Gasteiger partial charge in [-0.25, -0.2) is 18.3 Å². The Balaban J connectivity index is 1.69. The molecule has 1 aromatic carbocycles. The lowest BCUT2D eigenvalue weighted by Gasteiger charge is -2.16. The molecule has 6 heteroatoms. The zero-order valence-corrected chi connectivity index (χ0v) is 12.2. The Labute approximate surface area is 126 Å². The maximum atomic E-state index is 14.1. The molecule has 0 unspecified atom stereocenters. The van der Waals surface area contributed by atoms with E-state index in [1.807, 2.05) is 0 Å². The minimum absolute atomic E-state index is 0.108. The molecule has 0 N–H and O–H groups in total. The van der Waals surface area contributed by atoms with Crippen LogP contribution in [-0.2, 0) is 24.9 Å². The number of benzene rings is 1. The quantitative estimate of drug-likeness (QED) is 0.873. The topological polar surface area (TPSA) is 39.8 Å². The molecule has 0 saturated heterocycles. The Morgan fingerprint density at radius 1 is 1.23 bits per heavy atom. The van der Waals surface area contributed by atoms with Gasteiger partial charge >= 0.3 is 5.69 Å². The summed E-state index contributed by atoms with van der Waals surface area (Å²) in [5, 5.41) is 4.42. The SMILES string of the molecule is O=c1n(CC2(c3ccc(F)cc3F)CC2)nc2n1CCCC2. The highest BCUT2D eigenvalue weighted by Gasteiger charge is 2.47. The summed E-state index contributed by atoms with van der Waals surface area (Å²) in [6.45, 7) is 1.08. The van der Waals surface area contributed by atoms with Crippen molar-refractivity contribution in [2.24, 2.45) is 0 Å². The first-order valence-corrected chi connectivity index (χ1v) is 7.71. The fourth-order valence-corrected chi connectivity index (χ4v) is 3.42. The Morgan fingerprint density at radius 3 is 2.73 bits per heavy atom. The normalized spacial score (nSPS) is 19.0. The smallest absolute Gasteiger partial charge is 0.279 e. The molecular weight excluding hydrogens is 288 g/mol. The van der Waals surface area contributed by atoms with Gasteiger partial charge in [-0.2, -0.15) is 5.10 Å². The van der Waals surface area contributed by atoms with E-state index in [9.17, 15) is 13.6 Å². The number of rotatable bonds is 3. The van der Waals surface area contributed by atoms with Gasteiger partial charge in [-0.15, -0.1) is 0 Å². The predicted octanol–water partition coefficient (Wildman–Crippen LogP) is 2.39. The lowest BCUT2D eigenvalue weighted by Crippen LogP contribution is -2.30. The van der Waals surface area contributed by atoms with Gasteiger partial charge in [0.1, 0.15) is 17.5 Å². The van der Waals surface area contributed by atoms with Crippen LogP contribution in [0.15, 0.2) is 23.0 Å². The van der Waals surface area contributed by atoms with Crippen LogP contribution in [0.25, 0.3) is 0 Å². The Kier molecular flexibility index (Phi) is 2.96. The van der Waals surface area contributed by atoms with Gasteiger partial charge in [0.15, 0.2) is 0 Å². The summed E-state index contributed by atoms with van der Waals surface area (Å²) >= 11 is 0. The highest BCUT2D eigenvalue weighted by molar-refractivity contribution is 5.32. The summed E-state index contributed by atoms with van der Waals surface area (Å²) < 4.78 is 30.3. The first kappa shape index (κ1) is 13.7. The summed E-state index contributed by atoms with van der Waals surface area (Å²) in [6.07, 6.45) is 4.46. The molecule has 2 aromatic rings. The molecule has 0 atom stereocenters. The van der Waals surface area contributed by atoms with E-state index in [0.717, 1.165) is 44.0 Å².